The van der Waals surface area contributed by atoms with Gasteiger partial charge in [-0.3, -0.25) is 14.5 Å². The van der Waals surface area contributed by atoms with Gasteiger partial charge < -0.3 is 14.6 Å². The van der Waals surface area contributed by atoms with Gasteiger partial charge in [0.1, 0.15) is 10.9 Å². The van der Waals surface area contributed by atoms with Gasteiger partial charge in [0.05, 0.1) is 18.1 Å². The van der Waals surface area contributed by atoms with Gasteiger partial charge >= 0.3 is 0 Å². The summed E-state index contributed by atoms with van der Waals surface area (Å²) in [5, 5.41) is 4.15. The molecule has 0 unspecified atom stereocenters. The summed E-state index contributed by atoms with van der Waals surface area (Å²) in [4.78, 5) is 27.5. The molecule has 2 heterocycles. The minimum atomic E-state index is -0.0992. The van der Waals surface area contributed by atoms with Crippen LogP contribution < -0.4 is 5.32 Å². The maximum atomic E-state index is 12.8. The Bertz CT molecular complexity index is 1010. The number of methoxy groups -OCH3 is 1. The Balaban J connectivity index is 1.58. The van der Waals surface area contributed by atoms with Gasteiger partial charge in [0.25, 0.3) is 5.91 Å². The summed E-state index contributed by atoms with van der Waals surface area (Å²) in [7, 11) is 1.60. The van der Waals surface area contributed by atoms with Crippen molar-refractivity contribution in [3.8, 4) is 0 Å². The van der Waals surface area contributed by atoms with Crippen LogP contribution in [0.4, 0.5) is 0 Å². The van der Waals surface area contributed by atoms with E-state index < -0.39 is 0 Å². The molecule has 0 bridgehead atoms. The fourth-order valence-corrected chi connectivity index (χ4v) is 5.34. The van der Waals surface area contributed by atoms with E-state index in [1.807, 2.05) is 41.1 Å². The number of para-hydroxylation sites is 1. The van der Waals surface area contributed by atoms with Crippen LogP contribution in [0.1, 0.15) is 31.2 Å². The molecule has 2 fully saturated rings. The van der Waals surface area contributed by atoms with Crippen LogP contribution in [0.3, 0.4) is 0 Å². The number of hydrogen-bond donors (Lipinski definition) is 1. The Kier molecular flexibility index (Phi) is 6.55. The maximum absolute atomic E-state index is 12.8. The Morgan fingerprint density at radius 3 is 2.87 bits per heavy atom. The molecule has 1 saturated carbocycles. The summed E-state index contributed by atoms with van der Waals surface area (Å²) in [5.74, 6) is -0.0713. The van der Waals surface area contributed by atoms with Crippen LogP contribution in [0, 0.1) is 0 Å². The number of carbonyl (C=O) groups is 2. The molecule has 0 radical (unpaired) electrons. The van der Waals surface area contributed by atoms with Crippen molar-refractivity contribution in [2.24, 2.45) is 0 Å². The predicted octanol–water partition coefficient (Wildman–Crippen LogP) is 3.55. The molecular formula is C22H25N3O3S2. The Morgan fingerprint density at radius 1 is 1.33 bits per heavy atom. The van der Waals surface area contributed by atoms with Crippen molar-refractivity contribution in [1.29, 1.82) is 0 Å². The van der Waals surface area contributed by atoms with Crippen molar-refractivity contribution < 1.29 is 14.3 Å². The number of benzene rings is 1. The molecule has 1 saturated heterocycles. The molecule has 0 spiro atoms. The van der Waals surface area contributed by atoms with Gasteiger partial charge in [-0.1, -0.05) is 55.0 Å². The van der Waals surface area contributed by atoms with Crippen molar-refractivity contribution >= 4 is 57.1 Å². The van der Waals surface area contributed by atoms with Crippen LogP contribution in [0.15, 0.2) is 35.4 Å². The summed E-state index contributed by atoms with van der Waals surface area (Å²) in [5.41, 5.74) is 1.88. The minimum Gasteiger partial charge on any atom is -0.383 e. The van der Waals surface area contributed by atoms with Crippen LogP contribution in [0.2, 0.25) is 0 Å². The third kappa shape index (κ3) is 4.45. The first-order valence-electron chi connectivity index (χ1n) is 10.2. The van der Waals surface area contributed by atoms with Crippen LogP contribution in [0.25, 0.3) is 17.0 Å². The number of rotatable bonds is 7. The Morgan fingerprint density at radius 2 is 2.10 bits per heavy atom. The van der Waals surface area contributed by atoms with Crippen LogP contribution in [-0.2, 0) is 20.9 Å². The highest BCUT2D eigenvalue weighted by Gasteiger charge is 2.31. The summed E-state index contributed by atoms with van der Waals surface area (Å²) in [6.45, 7) is 1.15. The lowest BCUT2D eigenvalue weighted by atomic mass is 10.1. The molecule has 2 aromatic rings. The molecule has 8 heteroatoms. The number of aromatic nitrogens is 1. The first-order chi connectivity index (χ1) is 14.6. The number of ether oxygens (including phenoxy) is 1. The summed E-state index contributed by atoms with van der Waals surface area (Å²) in [6.07, 6.45) is 8.32. The zero-order valence-electron chi connectivity index (χ0n) is 16.9. The lowest BCUT2D eigenvalue weighted by Gasteiger charge is -2.12. The topological polar surface area (TPSA) is 63.6 Å². The van der Waals surface area contributed by atoms with E-state index in [1.54, 1.807) is 12.0 Å². The van der Waals surface area contributed by atoms with Crippen LogP contribution in [0.5, 0.6) is 0 Å². The normalized spacial score (nSPS) is 18.8. The fraction of sp³-hybridized carbons (Fsp3) is 0.409. The first kappa shape index (κ1) is 21.1. The second kappa shape index (κ2) is 9.32. The molecule has 6 nitrogen and oxygen atoms in total. The second-order valence-corrected chi connectivity index (χ2v) is 9.28. The van der Waals surface area contributed by atoms with E-state index in [1.165, 1.54) is 24.6 Å². The quantitative estimate of drug-likeness (QED) is 0.524. The van der Waals surface area contributed by atoms with Gasteiger partial charge in [-0.05, 0) is 25.0 Å². The fourth-order valence-electron chi connectivity index (χ4n) is 4.04. The van der Waals surface area contributed by atoms with Crippen molar-refractivity contribution in [2.45, 2.75) is 38.3 Å². The third-order valence-electron chi connectivity index (χ3n) is 5.53. The molecule has 1 aromatic carbocycles. The molecule has 2 amide bonds. The van der Waals surface area contributed by atoms with Crippen LogP contribution in [-0.4, -0.2) is 51.9 Å². The minimum absolute atomic E-state index is 0.0279. The van der Waals surface area contributed by atoms with E-state index in [9.17, 15) is 9.59 Å². The Hall–Kier alpha value is -2.16. The van der Waals surface area contributed by atoms with Crippen molar-refractivity contribution in [2.75, 3.05) is 20.3 Å². The largest absolute Gasteiger partial charge is 0.383 e. The van der Waals surface area contributed by atoms with E-state index >= 15 is 0 Å². The van der Waals surface area contributed by atoms with Gasteiger partial charge in [0, 0.05) is 35.8 Å². The number of amides is 2. The van der Waals surface area contributed by atoms with E-state index in [2.05, 4.69) is 5.32 Å². The molecule has 1 N–H and O–H groups in total. The number of thiocarbonyl (C=S) groups is 1. The van der Waals surface area contributed by atoms with Crippen molar-refractivity contribution in [1.82, 2.24) is 14.8 Å². The molecule has 158 valence electrons. The number of fused-ring (bicyclic) bond motifs is 1. The second-order valence-electron chi connectivity index (χ2n) is 7.60. The smallest absolute Gasteiger partial charge is 0.266 e. The zero-order chi connectivity index (χ0) is 21.1. The van der Waals surface area contributed by atoms with E-state index in [4.69, 9.17) is 17.0 Å². The molecule has 0 atom stereocenters. The maximum Gasteiger partial charge on any atom is 0.266 e. The van der Waals surface area contributed by atoms with Gasteiger partial charge in [-0.25, -0.2) is 0 Å². The highest BCUT2D eigenvalue weighted by atomic mass is 32.2. The molecule has 30 heavy (non-hydrogen) atoms. The predicted molar refractivity (Wildman–Crippen MR) is 124 cm³/mol. The van der Waals surface area contributed by atoms with Crippen molar-refractivity contribution in [3.63, 3.8) is 0 Å². The van der Waals surface area contributed by atoms with Gasteiger partial charge in [0.15, 0.2) is 0 Å². The third-order valence-corrected chi connectivity index (χ3v) is 6.91. The molecular weight excluding hydrogens is 418 g/mol. The van der Waals surface area contributed by atoms with Gasteiger partial charge in [0.2, 0.25) is 5.91 Å². The average molecular weight is 444 g/mol. The lowest BCUT2D eigenvalue weighted by Crippen LogP contribution is -2.35. The van der Waals surface area contributed by atoms with Crippen LogP contribution >= 0.6 is 24.0 Å². The molecule has 1 aliphatic heterocycles. The highest BCUT2D eigenvalue weighted by molar-refractivity contribution is 8.26. The SMILES string of the molecule is COCCN1C(=O)/C(=C/c2cn(CC(=O)NC3CCCC3)c3ccccc23)SC1=S. The number of carbonyl (C=O) groups excluding carboxylic acids is 2. The standard InChI is InChI=1S/C22H25N3O3S2/c1-28-11-10-25-21(27)19(30-22(25)29)12-15-13-24(18-9-5-4-8-17(15)18)14-20(26)23-16-6-2-3-7-16/h4-5,8-9,12-13,16H,2-3,6-7,10-11,14H2,1H3,(H,23,26)/b19-12-. The van der Waals surface area contributed by atoms with Gasteiger partial charge in [-0.2, -0.15) is 0 Å². The molecule has 1 aliphatic carbocycles. The van der Waals surface area contributed by atoms with E-state index in [0.29, 0.717) is 28.4 Å². The monoisotopic (exact) mass is 443 g/mol. The summed E-state index contributed by atoms with van der Waals surface area (Å²) in [6, 6.07) is 8.23. The lowest BCUT2D eigenvalue weighted by molar-refractivity contribution is -0.123. The van der Waals surface area contributed by atoms with Gasteiger partial charge in [-0.15, -0.1) is 0 Å². The highest BCUT2D eigenvalue weighted by Crippen LogP contribution is 2.34. The number of nitrogens with one attached hydrogen (secondary N) is 1. The average Bonchev–Trinajstić information content (AvgIpc) is 3.42. The number of thioether (sulfide) groups is 1. The number of hydrogen-bond acceptors (Lipinski definition) is 5. The van der Waals surface area contributed by atoms with E-state index in [-0.39, 0.29) is 18.4 Å². The van der Waals surface area contributed by atoms with E-state index in [0.717, 1.165) is 29.3 Å². The molecule has 1 aromatic heterocycles. The summed E-state index contributed by atoms with van der Waals surface area (Å²) >= 11 is 6.67. The molecule has 2 aliphatic rings. The Labute approximate surface area is 185 Å². The molecule has 4 rings (SSSR count). The summed E-state index contributed by atoms with van der Waals surface area (Å²) < 4.78 is 7.58. The number of nitrogens with zero attached hydrogens (tertiary/aromatic N) is 2. The zero-order valence-corrected chi connectivity index (χ0v) is 18.6. The van der Waals surface area contributed by atoms with Crippen molar-refractivity contribution in [3.05, 3.63) is 40.9 Å². The first-order valence-corrected chi connectivity index (χ1v) is 11.4.